The SMILES string of the molecule is Fc1ccc(OCc2cc(CNC3CC3)no2)cc1Br. The lowest BCUT2D eigenvalue weighted by atomic mass is 10.3. The number of halogens is 2. The molecule has 1 aromatic heterocycles. The van der Waals surface area contributed by atoms with Gasteiger partial charge in [0.2, 0.25) is 0 Å². The molecule has 0 unspecified atom stereocenters. The maximum atomic E-state index is 13.1. The van der Waals surface area contributed by atoms with E-state index in [2.05, 4.69) is 26.4 Å². The zero-order chi connectivity index (χ0) is 13.9. The second-order valence-corrected chi connectivity index (χ2v) is 5.66. The van der Waals surface area contributed by atoms with Crippen molar-refractivity contribution in [2.24, 2.45) is 0 Å². The molecule has 1 saturated carbocycles. The van der Waals surface area contributed by atoms with Crippen LogP contribution in [0.4, 0.5) is 4.39 Å². The molecule has 1 aliphatic rings. The molecule has 4 nitrogen and oxygen atoms in total. The molecule has 0 radical (unpaired) electrons. The van der Waals surface area contributed by atoms with Crippen molar-refractivity contribution in [2.45, 2.75) is 32.0 Å². The van der Waals surface area contributed by atoms with Crippen molar-refractivity contribution >= 4 is 15.9 Å². The Bertz CT molecular complexity index is 599. The predicted molar refractivity (Wildman–Crippen MR) is 74.8 cm³/mol. The van der Waals surface area contributed by atoms with Gasteiger partial charge in [-0.1, -0.05) is 5.16 Å². The Morgan fingerprint density at radius 1 is 1.40 bits per heavy atom. The fourth-order valence-electron chi connectivity index (χ4n) is 1.76. The minimum Gasteiger partial charge on any atom is -0.486 e. The molecule has 106 valence electrons. The Balaban J connectivity index is 1.53. The van der Waals surface area contributed by atoms with Crippen LogP contribution in [0.3, 0.4) is 0 Å². The van der Waals surface area contributed by atoms with Crippen LogP contribution in [-0.4, -0.2) is 11.2 Å². The number of hydrogen-bond acceptors (Lipinski definition) is 4. The quantitative estimate of drug-likeness (QED) is 0.875. The van der Waals surface area contributed by atoms with E-state index in [1.807, 2.05) is 6.07 Å². The van der Waals surface area contributed by atoms with Crippen molar-refractivity contribution in [3.8, 4) is 5.75 Å². The third-order valence-corrected chi connectivity index (χ3v) is 3.64. The molecule has 6 heteroatoms. The summed E-state index contributed by atoms with van der Waals surface area (Å²) in [4.78, 5) is 0. The third kappa shape index (κ3) is 3.58. The molecule has 1 heterocycles. The fourth-order valence-corrected chi connectivity index (χ4v) is 2.12. The molecule has 0 spiro atoms. The largest absolute Gasteiger partial charge is 0.486 e. The van der Waals surface area contributed by atoms with Gasteiger partial charge in [-0.05, 0) is 47.0 Å². The lowest BCUT2D eigenvalue weighted by molar-refractivity contribution is 0.248. The monoisotopic (exact) mass is 340 g/mol. The molecule has 0 saturated heterocycles. The van der Waals surface area contributed by atoms with Gasteiger partial charge in [-0.15, -0.1) is 0 Å². The van der Waals surface area contributed by atoms with E-state index < -0.39 is 0 Å². The van der Waals surface area contributed by atoms with E-state index in [1.165, 1.54) is 18.9 Å². The average Bonchev–Trinajstić information content (AvgIpc) is 3.16. The van der Waals surface area contributed by atoms with Gasteiger partial charge >= 0.3 is 0 Å². The predicted octanol–water partition coefficient (Wildman–Crippen LogP) is 3.41. The molecule has 0 bridgehead atoms. The first-order valence-corrected chi connectivity index (χ1v) is 7.26. The summed E-state index contributed by atoms with van der Waals surface area (Å²) < 4.78 is 24.2. The van der Waals surface area contributed by atoms with Crippen molar-refractivity contribution in [3.05, 3.63) is 46.0 Å². The highest BCUT2D eigenvalue weighted by atomic mass is 79.9. The van der Waals surface area contributed by atoms with Crippen LogP contribution in [0.15, 0.2) is 33.3 Å². The summed E-state index contributed by atoms with van der Waals surface area (Å²) in [5.41, 5.74) is 0.871. The first-order valence-electron chi connectivity index (χ1n) is 6.46. The van der Waals surface area contributed by atoms with Gasteiger partial charge in [0.15, 0.2) is 5.76 Å². The van der Waals surface area contributed by atoms with Gasteiger partial charge in [0, 0.05) is 18.7 Å². The highest BCUT2D eigenvalue weighted by molar-refractivity contribution is 9.10. The topological polar surface area (TPSA) is 47.3 Å². The van der Waals surface area contributed by atoms with Gasteiger partial charge in [-0.3, -0.25) is 0 Å². The van der Waals surface area contributed by atoms with Crippen LogP contribution in [0.25, 0.3) is 0 Å². The Kier molecular flexibility index (Phi) is 4.03. The Hall–Kier alpha value is -1.40. The lowest BCUT2D eigenvalue weighted by Gasteiger charge is -2.04. The first kappa shape index (κ1) is 13.6. The van der Waals surface area contributed by atoms with Gasteiger partial charge in [0.25, 0.3) is 0 Å². The molecule has 1 aliphatic carbocycles. The maximum Gasteiger partial charge on any atom is 0.174 e. The number of ether oxygens (including phenoxy) is 1. The van der Waals surface area contributed by atoms with Crippen LogP contribution in [0.2, 0.25) is 0 Å². The number of nitrogens with one attached hydrogen (secondary N) is 1. The molecular weight excluding hydrogens is 327 g/mol. The molecule has 0 aliphatic heterocycles. The standard InChI is InChI=1S/C14H14BrFN2O2/c15-13-6-11(3-4-14(13)16)19-8-12-5-10(18-20-12)7-17-9-1-2-9/h3-6,9,17H,1-2,7-8H2. The molecular formula is C14H14BrFN2O2. The van der Waals surface area contributed by atoms with Crippen molar-refractivity contribution in [2.75, 3.05) is 0 Å². The summed E-state index contributed by atoms with van der Waals surface area (Å²) in [6.45, 7) is 0.991. The summed E-state index contributed by atoms with van der Waals surface area (Å²) in [5, 5.41) is 7.34. The van der Waals surface area contributed by atoms with Gasteiger partial charge < -0.3 is 14.6 Å². The van der Waals surface area contributed by atoms with E-state index in [-0.39, 0.29) is 12.4 Å². The van der Waals surface area contributed by atoms with Crippen molar-refractivity contribution < 1.29 is 13.7 Å². The van der Waals surface area contributed by atoms with Gasteiger partial charge in [-0.2, -0.15) is 0 Å². The fraction of sp³-hybridized carbons (Fsp3) is 0.357. The second kappa shape index (κ2) is 5.93. The molecule has 1 fully saturated rings. The van der Waals surface area contributed by atoms with Crippen LogP contribution in [0.1, 0.15) is 24.3 Å². The molecule has 2 aromatic rings. The second-order valence-electron chi connectivity index (χ2n) is 4.80. The minimum atomic E-state index is -0.314. The summed E-state index contributed by atoms with van der Waals surface area (Å²) in [6, 6.07) is 7.02. The first-order chi connectivity index (χ1) is 9.70. The summed E-state index contributed by atoms with van der Waals surface area (Å²) in [6.07, 6.45) is 2.49. The van der Waals surface area contributed by atoms with Crippen LogP contribution in [0, 0.1) is 5.82 Å². The maximum absolute atomic E-state index is 13.1. The van der Waals surface area contributed by atoms with Crippen LogP contribution in [-0.2, 0) is 13.2 Å². The average molecular weight is 341 g/mol. The Morgan fingerprint density at radius 2 is 2.25 bits per heavy atom. The number of aromatic nitrogens is 1. The molecule has 1 N–H and O–H groups in total. The molecule has 0 amide bonds. The van der Waals surface area contributed by atoms with Crippen LogP contribution in [0.5, 0.6) is 5.75 Å². The number of benzene rings is 1. The van der Waals surface area contributed by atoms with Crippen LogP contribution >= 0.6 is 15.9 Å². The molecule has 1 aromatic carbocycles. The number of hydrogen-bond donors (Lipinski definition) is 1. The summed E-state index contributed by atoms with van der Waals surface area (Å²) in [7, 11) is 0. The van der Waals surface area contributed by atoms with E-state index in [0.717, 1.165) is 12.2 Å². The molecule has 20 heavy (non-hydrogen) atoms. The van der Waals surface area contributed by atoms with Crippen molar-refractivity contribution in [1.82, 2.24) is 10.5 Å². The Labute approximate surface area is 124 Å². The smallest absolute Gasteiger partial charge is 0.174 e. The van der Waals surface area contributed by atoms with E-state index in [0.29, 0.717) is 22.0 Å². The van der Waals surface area contributed by atoms with Gasteiger partial charge in [0.1, 0.15) is 18.2 Å². The van der Waals surface area contributed by atoms with Crippen LogP contribution < -0.4 is 10.1 Å². The summed E-state index contributed by atoms with van der Waals surface area (Å²) in [5.74, 6) is 0.913. The highest BCUT2D eigenvalue weighted by Crippen LogP contribution is 2.23. The zero-order valence-electron chi connectivity index (χ0n) is 10.7. The van der Waals surface area contributed by atoms with Gasteiger partial charge in [-0.25, -0.2) is 4.39 Å². The lowest BCUT2D eigenvalue weighted by Crippen LogP contribution is -2.15. The molecule has 0 atom stereocenters. The zero-order valence-corrected chi connectivity index (χ0v) is 12.3. The molecule has 3 rings (SSSR count). The van der Waals surface area contributed by atoms with E-state index in [4.69, 9.17) is 9.26 Å². The van der Waals surface area contributed by atoms with E-state index in [9.17, 15) is 4.39 Å². The Morgan fingerprint density at radius 3 is 3.00 bits per heavy atom. The van der Waals surface area contributed by atoms with Gasteiger partial charge in [0.05, 0.1) is 10.2 Å². The van der Waals surface area contributed by atoms with Crippen molar-refractivity contribution in [1.29, 1.82) is 0 Å². The van der Waals surface area contributed by atoms with Crippen molar-refractivity contribution in [3.63, 3.8) is 0 Å². The summed E-state index contributed by atoms with van der Waals surface area (Å²) >= 11 is 3.12. The third-order valence-electron chi connectivity index (χ3n) is 3.03. The minimum absolute atomic E-state index is 0.272. The number of nitrogens with zero attached hydrogens (tertiary/aromatic N) is 1. The number of rotatable bonds is 6. The normalized spacial score (nSPS) is 14.5. The van der Waals surface area contributed by atoms with E-state index >= 15 is 0 Å². The van der Waals surface area contributed by atoms with E-state index in [1.54, 1.807) is 12.1 Å². The highest BCUT2D eigenvalue weighted by Gasteiger charge is 2.20.